The molecule has 2 N–H and O–H groups in total. The number of benzene rings is 1. The summed E-state index contributed by atoms with van der Waals surface area (Å²) >= 11 is 0. The molecule has 0 amide bonds. The zero-order chi connectivity index (χ0) is 17.7. The first-order valence-corrected chi connectivity index (χ1v) is 9.43. The van der Waals surface area contributed by atoms with Crippen molar-refractivity contribution in [1.82, 2.24) is 15.5 Å². The minimum absolute atomic E-state index is 0.256. The van der Waals surface area contributed by atoms with Crippen molar-refractivity contribution in [2.24, 2.45) is 10.4 Å². The average Bonchev–Trinajstić information content (AvgIpc) is 2.64. The third kappa shape index (κ3) is 4.73. The molecular weight excluding hydrogens is 312 g/mol. The van der Waals surface area contributed by atoms with Crippen LogP contribution in [0.2, 0.25) is 0 Å². The van der Waals surface area contributed by atoms with Crippen LogP contribution in [-0.4, -0.2) is 56.8 Å². The summed E-state index contributed by atoms with van der Waals surface area (Å²) in [6.07, 6.45) is 2.30. The van der Waals surface area contributed by atoms with Gasteiger partial charge in [0.15, 0.2) is 5.96 Å². The second-order valence-corrected chi connectivity index (χ2v) is 7.77. The van der Waals surface area contributed by atoms with Crippen LogP contribution in [0.4, 0.5) is 0 Å². The standard InChI is InChI=1S/C20H32N4O/c1-16(17-7-5-4-6-8-17)24-11-9-18(10-12-24)23-19(21-3)22-13-20(2)14-25-15-20/h4-8,16,18H,9-15H2,1-3H3,(H2,21,22,23). The van der Waals surface area contributed by atoms with Gasteiger partial charge in [0, 0.05) is 44.2 Å². The smallest absolute Gasteiger partial charge is 0.191 e. The van der Waals surface area contributed by atoms with E-state index in [-0.39, 0.29) is 5.41 Å². The molecule has 5 heteroatoms. The first kappa shape index (κ1) is 18.2. The number of ether oxygens (including phenoxy) is 1. The van der Waals surface area contributed by atoms with Crippen molar-refractivity contribution in [3.63, 3.8) is 0 Å². The molecule has 2 aliphatic heterocycles. The van der Waals surface area contributed by atoms with Gasteiger partial charge in [0.05, 0.1) is 13.2 Å². The quantitative estimate of drug-likeness (QED) is 0.636. The average molecular weight is 345 g/mol. The van der Waals surface area contributed by atoms with Crippen LogP contribution >= 0.6 is 0 Å². The summed E-state index contributed by atoms with van der Waals surface area (Å²) in [6.45, 7) is 9.40. The van der Waals surface area contributed by atoms with Gasteiger partial charge in [-0.05, 0) is 25.3 Å². The van der Waals surface area contributed by atoms with E-state index in [1.165, 1.54) is 5.56 Å². The molecule has 0 radical (unpaired) electrons. The minimum atomic E-state index is 0.256. The van der Waals surface area contributed by atoms with Gasteiger partial charge in [-0.15, -0.1) is 0 Å². The number of hydrogen-bond acceptors (Lipinski definition) is 3. The van der Waals surface area contributed by atoms with Gasteiger partial charge in [0.25, 0.3) is 0 Å². The van der Waals surface area contributed by atoms with Gasteiger partial charge in [0.2, 0.25) is 0 Å². The molecule has 2 fully saturated rings. The van der Waals surface area contributed by atoms with Gasteiger partial charge in [-0.1, -0.05) is 37.3 Å². The van der Waals surface area contributed by atoms with Gasteiger partial charge in [-0.25, -0.2) is 0 Å². The van der Waals surface area contributed by atoms with Crippen molar-refractivity contribution in [2.45, 2.75) is 38.8 Å². The number of guanidine groups is 1. The largest absolute Gasteiger partial charge is 0.380 e. The molecular formula is C20H32N4O. The summed E-state index contributed by atoms with van der Waals surface area (Å²) in [7, 11) is 1.85. The van der Waals surface area contributed by atoms with E-state index in [2.05, 4.69) is 64.7 Å². The fourth-order valence-electron chi connectivity index (χ4n) is 3.61. The lowest BCUT2D eigenvalue weighted by Gasteiger charge is -2.39. The summed E-state index contributed by atoms with van der Waals surface area (Å²) in [4.78, 5) is 6.97. The molecule has 25 heavy (non-hydrogen) atoms. The number of likely N-dealkylation sites (tertiary alicyclic amines) is 1. The molecule has 0 aromatic heterocycles. The molecule has 1 atom stereocenters. The highest BCUT2D eigenvalue weighted by atomic mass is 16.5. The third-order valence-corrected chi connectivity index (χ3v) is 5.51. The first-order valence-electron chi connectivity index (χ1n) is 9.43. The predicted molar refractivity (Wildman–Crippen MR) is 103 cm³/mol. The van der Waals surface area contributed by atoms with Crippen molar-refractivity contribution in [2.75, 3.05) is 39.9 Å². The van der Waals surface area contributed by atoms with E-state index in [1.54, 1.807) is 0 Å². The Labute approximate surface area is 151 Å². The molecule has 2 heterocycles. The van der Waals surface area contributed by atoms with Crippen molar-refractivity contribution in [1.29, 1.82) is 0 Å². The Kier molecular flexibility index (Phi) is 5.97. The highest BCUT2D eigenvalue weighted by Gasteiger charge is 2.33. The van der Waals surface area contributed by atoms with E-state index in [9.17, 15) is 0 Å². The number of nitrogens with zero attached hydrogens (tertiary/aromatic N) is 2. The lowest BCUT2D eigenvalue weighted by atomic mass is 9.89. The Hall–Kier alpha value is -1.59. The second-order valence-electron chi connectivity index (χ2n) is 7.77. The van der Waals surface area contributed by atoms with Gasteiger partial charge >= 0.3 is 0 Å². The summed E-state index contributed by atoms with van der Waals surface area (Å²) in [5, 5.41) is 7.06. The van der Waals surface area contributed by atoms with Crippen LogP contribution in [-0.2, 0) is 4.74 Å². The van der Waals surface area contributed by atoms with Crippen LogP contribution in [0.25, 0.3) is 0 Å². The maximum atomic E-state index is 5.32. The first-order chi connectivity index (χ1) is 12.1. The Morgan fingerprint density at radius 3 is 2.52 bits per heavy atom. The minimum Gasteiger partial charge on any atom is -0.380 e. The Morgan fingerprint density at radius 1 is 1.28 bits per heavy atom. The molecule has 0 aliphatic carbocycles. The molecule has 1 aromatic carbocycles. The molecule has 5 nitrogen and oxygen atoms in total. The summed E-state index contributed by atoms with van der Waals surface area (Å²) in [5.74, 6) is 0.919. The Bertz CT molecular complexity index is 562. The number of rotatable bonds is 5. The number of nitrogens with one attached hydrogen (secondary N) is 2. The molecule has 1 unspecified atom stereocenters. The summed E-state index contributed by atoms with van der Waals surface area (Å²) in [6, 6.07) is 11.8. The molecule has 0 spiro atoms. The SMILES string of the molecule is CN=C(NCC1(C)COC1)NC1CCN(C(C)c2ccccc2)CC1. The lowest BCUT2D eigenvalue weighted by Crippen LogP contribution is -2.53. The third-order valence-electron chi connectivity index (χ3n) is 5.51. The normalized spacial score (nSPS) is 22.9. The van der Waals surface area contributed by atoms with Gasteiger partial charge in [-0.2, -0.15) is 0 Å². The summed E-state index contributed by atoms with van der Waals surface area (Å²) < 4.78 is 5.32. The summed E-state index contributed by atoms with van der Waals surface area (Å²) in [5.41, 5.74) is 1.66. The van der Waals surface area contributed by atoms with Crippen LogP contribution in [0.3, 0.4) is 0 Å². The molecule has 1 aromatic rings. The molecule has 138 valence electrons. The van der Waals surface area contributed by atoms with Crippen LogP contribution in [0.1, 0.15) is 38.3 Å². The fraction of sp³-hybridized carbons (Fsp3) is 0.650. The van der Waals surface area contributed by atoms with Crippen LogP contribution in [0.15, 0.2) is 35.3 Å². The van der Waals surface area contributed by atoms with Crippen molar-refractivity contribution < 1.29 is 4.74 Å². The number of piperidine rings is 1. The monoisotopic (exact) mass is 344 g/mol. The van der Waals surface area contributed by atoms with Crippen molar-refractivity contribution in [3.8, 4) is 0 Å². The highest BCUT2D eigenvalue weighted by Crippen LogP contribution is 2.25. The van der Waals surface area contributed by atoms with Crippen molar-refractivity contribution in [3.05, 3.63) is 35.9 Å². The maximum Gasteiger partial charge on any atom is 0.191 e. The maximum absolute atomic E-state index is 5.32. The van der Waals surface area contributed by atoms with E-state index in [0.717, 1.165) is 51.6 Å². The van der Waals surface area contributed by atoms with Gasteiger partial charge in [0.1, 0.15) is 0 Å². The molecule has 0 bridgehead atoms. The molecule has 3 rings (SSSR count). The van der Waals surface area contributed by atoms with Gasteiger partial charge in [-0.3, -0.25) is 9.89 Å². The zero-order valence-electron chi connectivity index (χ0n) is 15.8. The molecule has 2 saturated heterocycles. The second kappa shape index (κ2) is 8.19. The highest BCUT2D eigenvalue weighted by molar-refractivity contribution is 5.80. The fourth-order valence-corrected chi connectivity index (χ4v) is 3.61. The van der Waals surface area contributed by atoms with E-state index in [4.69, 9.17) is 4.74 Å². The Balaban J connectivity index is 1.43. The molecule has 2 aliphatic rings. The molecule has 0 saturated carbocycles. The predicted octanol–water partition coefficient (Wildman–Crippen LogP) is 2.41. The Morgan fingerprint density at radius 2 is 1.96 bits per heavy atom. The van der Waals surface area contributed by atoms with E-state index in [1.807, 2.05) is 7.05 Å². The van der Waals surface area contributed by atoms with Crippen LogP contribution < -0.4 is 10.6 Å². The van der Waals surface area contributed by atoms with E-state index >= 15 is 0 Å². The van der Waals surface area contributed by atoms with Crippen LogP contribution in [0.5, 0.6) is 0 Å². The van der Waals surface area contributed by atoms with Crippen molar-refractivity contribution >= 4 is 5.96 Å². The van der Waals surface area contributed by atoms with Crippen LogP contribution in [0, 0.1) is 5.41 Å². The lowest BCUT2D eigenvalue weighted by molar-refractivity contribution is -0.0971. The zero-order valence-corrected chi connectivity index (χ0v) is 15.8. The topological polar surface area (TPSA) is 48.9 Å². The van der Waals surface area contributed by atoms with E-state index in [0.29, 0.717) is 12.1 Å². The number of hydrogen-bond donors (Lipinski definition) is 2. The van der Waals surface area contributed by atoms with E-state index < -0.39 is 0 Å². The number of aliphatic imine (C=N–C) groups is 1. The van der Waals surface area contributed by atoms with Gasteiger partial charge < -0.3 is 15.4 Å².